The van der Waals surface area contributed by atoms with Crippen LogP contribution in [0.4, 0.5) is 0 Å². The summed E-state index contributed by atoms with van der Waals surface area (Å²) in [4.78, 5) is 13.4. The largest absolute Gasteiger partial charge is 0.475 e. The quantitative estimate of drug-likeness (QED) is 0.941. The zero-order chi connectivity index (χ0) is 15.0. The highest BCUT2D eigenvalue weighted by Gasteiger charge is 2.22. The lowest BCUT2D eigenvalue weighted by Gasteiger charge is -2.34. The molecular formula is C16H19NO3S. The molecule has 2 unspecified atom stereocenters. The van der Waals surface area contributed by atoms with E-state index in [9.17, 15) is 4.79 Å². The van der Waals surface area contributed by atoms with Crippen molar-refractivity contribution in [3.8, 4) is 0 Å². The summed E-state index contributed by atoms with van der Waals surface area (Å²) in [7, 11) is 0. The van der Waals surface area contributed by atoms with Gasteiger partial charge in [0.2, 0.25) is 5.76 Å². The molecule has 0 radical (unpaired) electrons. The molecule has 1 saturated heterocycles. The maximum atomic E-state index is 10.9. The number of hydrogen-bond acceptors (Lipinski definition) is 4. The molecule has 1 aromatic heterocycles. The molecule has 1 N–H and O–H groups in total. The van der Waals surface area contributed by atoms with Crippen molar-refractivity contribution in [2.24, 2.45) is 0 Å². The summed E-state index contributed by atoms with van der Waals surface area (Å²) in [6.45, 7) is 7.63. The lowest BCUT2D eigenvalue weighted by molar-refractivity contribution is 0.0665. The van der Waals surface area contributed by atoms with Gasteiger partial charge in [0.25, 0.3) is 0 Å². The topological polar surface area (TPSA) is 53.7 Å². The van der Waals surface area contributed by atoms with Gasteiger partial charge in [-0.25, -0.2) is 4.79 Å². The Morgan fingerprint density at radius 2 is 2.05 bits per heavy atom. The van der Waals surface area contributed by atoms with Gasteiger partial charge in [0.15, 0.2) is 0 Å². The minimum atomic E-state index is -1.02. The van der Waals surface area contributed by atoms with Crippen LogP contribution in [-0.2, 0) is 6.54 Å². The van der Waals surface area contributed by atoms with Crippen molar-refractivity contribution in [1.82, 2.24) is 4.90 Å². The molecular weight excluding hydrogens is 286 g/mol. The molecule has 0 spiro atoms. The van der Waals surface area contributed by atoms with Gasteiger partial charge in [0, 0.05) is 35.5 Å². The molecule has 0 aliphatic carbocycles. The van der Waals surface area contributed by atoms with Crippen molar-refractivity contribution in [3.05, 3.63) is 35.6 Å². The highest BCUT2D eigenvalue weighted by molar-refractivity contribution is 8.00. The third-order valence-electron chi connectivity index (χ3n) is 3.69. The zero-order valence-electron chi connectivity index (χ0n) is 12.2. The van der Waals surface area contributed by atoms with E-state index < -0.39 is 5.97 Å². The Hall–Kier alpha value is -1.46. The average Bonchev–Trinajstić information content (AvgIpc) is 2.80. The predicted octanol–water partition coefficient (Wildman–Crippen LogP) is 3.46. The van der Waals surface area contributed by atoms with Crippen LogP contribution in [0.3, 0.4) is 0 Å². The zero-order valence-corrected chi connectivity index (χ0v) is 13.0. The van der Waals surface area contributed by atoms with E-state index >= 15 is 0 Å². The predicted molar refractivity (Wildman–Crippen MR) is 85.0 cm³/mol. The second-order valence-electron chi connectivity index (χ2n) is 5.74. The standard InChI is InChI=1S/C16H19NO3S/c1-10-7-17(8-11(2)21-10)9-12-3-4-14-13(5-12)6-15(20-14)16(18)19/h3-6,10-11H,7-9H2,1-2H3,(H,18,19). The summed E-state index contributed by atoms with van der Waals surface area (Å²) >= 11 is 2.04. The molecule has 112 valence electrons. The fraction of sp³-hybridized carbons (Fsp3) is 0.438. The fourth-order valence-electron chi connectivity index (χ4n) is 2.97. The Bertz CT molecular complexity index is 657. The van der Waals surface area contributed by atoms with Crippen molar-refractivity contribution in [1.29, 1.82) is 0 Å². The van der Waals surface area contributed by atoms with E-state index in [1.54, 1.807) is 6.07 Å². The third-order valence-corrected chi connectivity index (χ3v) is 4.92. The molecule has 0 bridgehead atoms. The number of benzene rings is 1. The second kappa shape index (κ2) is 5.73. The molecule has 5 heteroatoms. The van der Waals surface area contributed by atoms with E-state index in [1.165, 1.54) is 5.56 Å². The van der Waals surface area contributed by atoms with Crippen LogP contribution >= 0.6 is 11.8 Å². The average molecular weight is 305 g/mol. The maximum absolute atomic E-state index is 10.9. The number of thioether (sulfide) groups is 1. The Morgan fingerprint density at radius 1 is 1.33 bits per heavy atom. The first-order chi connectivity index (χ1) is 10.0. The van der Waals surface area contributed by atoms with Gasteiger partial charge in [-0.3, -0.25) is 4.90 Å². The lowest BCUT2D eigenvalue weighted by Crippen LogP contribution is -2.39. The second-order valence-corrected chi connectivity index (χ2v) is 7.62. The number of carboxylic acid groups (broad SMARTS) is 1. The lowest BCUT2D eigenvalue weighted by atomic mass is 10.1. The monoisotopic (exact) mass is 305 g/mol. The van der Waals surface area contributed by atoms with Crippen molar-refractivity contribution in [2.75, 3.05) is 13.1 Å². The number of carbonyl (C=O) groups is 1. The summed E-state index contributed by atoms with van der Waals surface area (Å²) in [5, 5.41) is 11.1. The van der Waals surface area contributed by atoms with Gasteiger partial charge in [-0.05, 0) is 23.8 Å². The van der Waals surface area contributed by atoms with Crippen LogP contribution in [-0.4, -0.2) is 39.6 Å². The molecule has 0 saturated carbocycles. The van der Waals surface area contributed by atoms with Crippen LogP contribution in [0.25, 0.3) is 11.0 Å². The Kier molecular flexibility index (Phi) is 3.95. The first kappa shape index (κ1) is 14.5. The van der Waals surface area contributed by atoms with Gasteiger partial charge < -0.3 is 9.52 Å². The van der Waals surface area contributed by atoms with E-state index in [0.717, 1.165) is 25.0 Å². The SMILES string of the molecule is CC1CN(Cc2ccc3oc(C(=O)O)cc3c2)CC(C)S1. The number of aromatic carboxylic acids is 1. The van der Waals surface area contributed by atoms with Crippen LogP contribution in [0.1, 0.15) is 30.0 Å². The number of rotatable bonds is 3. The van der Waals surface area contributed by atoms with Gasteiger partial charge in [-0.2, -0.15) is 11.8 Å². The molecule has 21 heavy (non-hydrogen) atoms. The minimum Gasteiger partial charge on any atom is -0.475 e. The number of nitrogens with zero attached hydrogens (tertiary/aromatic N) is 1. The fourth-order valence-corrected chi connectivity index (χ4v) is 4.36. The van der Waals surface area contributed by atoms with Gasteiger partial charge in [0.05, 0.1) is 0 Å². The van der Waals surface area contributed by atoms with Gasteiger partial charge >= 0.3 is 5.97 Å². The van der Waals surface area contributed by atoms with Gasteiger partial charge in [0.1, 0.15) is 5.58 Å². The van der Waals surface area contributed by atoms with Crippen molar-refractivity contribution >= 4 is 28.7 Å². The molecule has 1 aliphatic rings. The summed E-state index contributed by atoms with van der Waals surface area (Å²) in [6, 6.07) is 7.51. The first-order valence-electron chi connectivity index (χ1n) is 7.15. The molecule has 0 amide bonds. The first-order valence-corrected chi connectivity index (χ1v) is 8.09. The van der Waals surface area contributed by atoms with E-state index in [2.05, 4.69) is 18.7 Å². The molecule has 1 fully saturated rings. The van der Waals surface area contributed by atoms with Crippen molar-refractivity contribution < 1.29 is 14.3 Å². The molecule has 4 nitrogen and oxygen atoms in total. The van der Waals surface area contributed by atoms with E-state index in [0.29, 0.717) is 16.1 Å². The summed E-state index contributed by atoms with van der Waals surface area (Å²) < 4.78 is 5.29. The van der Waals surface area contributed by atoms with E-state index in [-0.39, 0.29) is 5.76 Å². The molecule has 2 heterocycles. The maximum Gasteiger partial charge on any atom is 0.371 e. The van der Waals surface area contributed by atoms with Crippen LogP contribution in [0.2, 0.25) is 0 Å². The smallest absolute Gasteiger partial charge is 0.371 e. The summed E-state index contributed by atoms with van der Waals surface area (Å²) in [5.74, 6) is -1.03. The number of fused-ring (bicyclic) bond motifs is 1. The van der Waals surface area contributed by atoms with E-state index in [1.807, 2.05) is 30.0 Å². The van der Waals surface area contributed by atoms with E-state index in [4.69, 9.17) is 9.52 Å². The Balaban J connectivity index is 1.79. The molecule has 1 aliphatic heterocycles. The number of furan rings is 1. The normalized spacial score (nSPS) is 23.5. The summed E-state index contributed by atoms with van der Waals surface area (Å²) in [6.07, 6.45) is 0. The van der Waals surface area contributed by atoms with Gasteiger partial charge in [-0.1, -0.05) is 19.9 Å². The Labute approximate surface area is 128 Å². The molecule has 2 atom stereocenters. The highest BCUT2D eigenvalue weighted by atomic mass is 32.2. The molecule has 2 aromatic rings. The van der Waals surface area contributed by atoms with Gasteiger partial charge in [-0.15, -0.1) is 0 Å². The summed E-state index contributed by atoms with van der Waals surface area (Å²) in [5.41, 5.74) is 1.83. The highest BCUT2D eigenvalue weighted by Crippen LogP contribution is 2.27. The van der Waals surface area contributed by atoms with Crippen molar-refractivity contribution in [3.63, 3.8) is 0 Å². The number of hydrogen-bond donors (Lipinski definition) is 1. The third kappa shape index (κ3) is 3.24. The van der Waals surface area contributed by atoms with Crippen LogP contribution in [0.5, 0.6) is 0 Å². The van der Waals surface area contributed by atoms with Crippen LogP contribution in [0, 0.1) is 0 Å². The Morgan fingerprint density at radius 3 is 2.71 bits per heavy atom. The number of carboxylic acids is 1. The van der Waals surface area contributed by atoms with Crippen molar-refractivity contribution in [2.45, 2.75) is 30.9 Å². The molecule has 1 aromatic carbocycles. The molecule has 3 rings (SSSR count). The van der Waals surface area contributed by atoms with Crippen LogP contribution < -0.4 is 0 Å². The van der Waals surface area contributed by atoms with Crippen LogP contribution in [0.15, 0.2) is 28.7 Å². The minimum absolute atomic E-state index is 0.00114.